The third-order valence-corrected chi connectivity index (χ3v) is 9.68. The van der Waals surface area contributed by atoms with Crippen LogP contribution in [0.4, 0.5) is 5.69 Å². The van der Waals surface area contributed by atoms with Crippen LogP contribution in [0.1, 0.15) is 64.5 Å². The Morgan fingerprint density at radius 2 is 1.88 bits per heavy atom. The number of thiophene rings is 1. The molecule has 1 saturated heterocycles. The Morgan fingerprint density at radius 3 is 2.55 bits per heavy atom. The Hall–Kier alpha value is -3.73. The number of rotatable bonds is 6. The summed E-state index contributed by atoms with van der Waals surface area (Å²) >= 11 is 1.22. The fourth-order valence-electron chi connectivity index (χ4n) is 6.00. The zero-order chi connectivity index (χ0) is 28.2. The molecule has 3 aromatic rings. The van der Waals surface area contributed by atoms with E-state index in [0.717, 1.165) is 31.4 Å². The molecular formula is C30H33N5O4S. The standard InChI is InChI=1S/C30H33N5O4S/c1-2-22(36)35-14-4-5-17(15-35)34-29(38)27-24-23-20(12-13-21(31)26(23)40-27)30(33,28(37)25(24)32)16-8-10-19(11-9-16)39-18-6-3-7-18/h2,8-13,17-18,25H,1,3-7,14-15,31-33H2,(H,34,38). The number of carbonyl (C=O) groups excluding carboxylic acids is 3. The molecule has 9 nitrogen and oxygen atoms in total. The number of carbonyl (C=O) groups is 3. The van der Waals surface area contributed by atoms with E-state index in [2.05, 4.69) is 11.9 Å². The fraction of sp³-hybridized carbons (Fsp3) is 0.367. The van der Waals surface area contributed by atoms with E-state index in [4.69, 9.17) is 21.9 Å². The zero-order valence-electron chi connectivity index (χ0n) is 22.2. The van der Waals surface area contributed by atoms with Crippen LogP contribution in [0, 0.1) is 0 Å². The molecule has 40 heavy (non-hydrogen) atoms. The molecule has 3 atom stereocenters. The number of piperidine rings is 1. The van der Waals surface area contributed by atoms with E-state index in [1.807, 2.05) is 24.3 Å². The number of nitrogens with two attached hydrogens (primary N) is 3. The van der Waals surface area contributed by atoms with Gasteiger partial charge in [-0.05, 0) is 67.5 Å². The van der Waals surface area contributed by atoms with E-state index in [9.17, 15) is 14.4 Å². The van der Waals surface area contributed by atoms with Crippen molar-refractivity contribution in [2.75, 3.05) is 18.8 Å². The number of amides is 2. The van der Waals surface area contributed by atoms with Crippen molar-refractivity contribution in [3.63, 3.8) is 0 Å². The van der Waals surface area contributed by atoms with Gasteiger partial charge in [0, 0.05) is 35.8 Å². The second-order valence-electron chi connectivity index (χ2n) is 10.9. The van der Waals surface area contributed by atoms with Crippen LogP contribution >= 0.6 is 11.3 Å². The van der Waals surface area contributed by atoms with Crippen molar-refractivity contribution in [1.29, 1.82) is 0 Å². The van der Waals surface area contributed by atoms with Crippen LogP contribution in [0.3, 0.4) is 0 Å². The summed E-state index contributed by atoms with van der Waals surface area (Å²) in [5.74, 6) is -0.169. The number of benzene rings is 2. The van der Waals surface area contributed by atoms with E-state index < -0.39 is 17.4 Å². The molecule has 0 bridgehead atoms. The van der Waals surface area contributed by atoms with Gasteiger partial charge in [0.25, 0.3) is 5.91 Å². The predicted octanol–water partition coefficient (Wildman–Crippen LogP) is 3.11. The molecule has 1 saturated carbocycles. The molecule has 2 amide bonds. The van der Waals surface area contributed by atoms with E-state index in [1.165, 1.54) is 23.8 Å². The van der Waals surface area contributed by atoms with E-state index in [-0.39, 0.29) is 24.0 Å². The van der Waals surface area contributed by atoms with Crippen molar-refractivity contribution in [1.82, 2.24) is 10.2 Å². The fourth-order valence-corrected chi connectivity index (χ4v) is 7.20. The normalized spacial score (nSPS) is 24.4. The van der Waals surface area contributed by atoms with Crippen LogP contribution < -0.4 is 27.3 Å². The highest BCUT2D eigenvalue weighted by atomic mass is 32.1. The highest BCUT2D eigenvalue weighted by Crippen LogP contribution is 2.49. The largest absolute Gasteiger partial charge is 0.490 e. The number of nitrogen functional groups attached to an aromatic ring is 1. The average molecular weight is 560 g/mol. The molecule has 2 aliphatic carbocycles. The molecule has 2 aromatic carbocycles. The van der Waals surface area contributed by atoms with Gasteiger partial charge in [-0.2, -0.15) is 0 Å². The molecule has 0 spiro atoms. The molecule has 6 rings (SSSR count). The average Bonchev–Trinajstić information content (AvgIpc) is 3.35. The zero-order valence-corrected chi connectivity index (χ0v) is 23.0. The summed E-state index contributed by atoms with van der Waals surface area (Å²) in [5, 5.41) is 3.71. The number of ketones is 1. The van der Waals surface area contributed by atoms with Crippen molar-refractivity contribution in [2.24, 2.45) is 11.5 Å². The maximum absolute atomic E-state index is 14.0. The molecule has 1 aliphatic heterocycles. The quantitative estimate of drug-likeness (QED) is 0.267. The summed E-state index contributed by atoms with van der Waals surface area (Å²) in [4.78, 5) is 41.7. The summed E-state index contributed by atoms with van der Waals surface area (Å²) in [5.41, 5.74) is 20.5. The van der Waals surface area contributed by atoms with Crippen LogP contribution in [0.2, 0.25) is 0 Å². The second kappa shape index (κ2) is 10.0. The molecule has 10 heteroatoms. The molecular weight excluding hydrogens is 526 g/mol. The maximum Gasteiger partial charge on any atom is 0.262 e. The Morgan fingerprint density at radius 1 is 1.12 bits per heavy atom. The molecule has 3 unspecified atom stereocenters. The Kier molecular flexibility index (Phi) is 6.64. The van der Waals surface area contributed by atoms with Crippen molar-refractivity contribution < 1.29 is 19.1 Å². The third-order valence-electron chi connectivity index (χ3n) is 8.43. The lowest BCUT2D eigenvalue weighted by molar-refractivity contribution is -0.127. The Labute approximate surface area is 236 Å². The monoisotopic (exact) mass is 559 g/mol. The summed E-state index contributed by atoms with van der Waals surface area (Å²) in [6.07, 6.45) is 6.27. The number of hydrogen-bond donors (Lipinski definition) is 4. The molecule has 7 N–H and O–H groups in total. The van der Waals surface area contributed by atoms with E-state index in [1.54, 1.807) is 17.0 Å². The highest BCUT2D eigenvalue weighted by molar-refractivity contribution is 7.21. The van der Waals surface area contributed by atoms with Crippen LogP contribution in [-0.2, 0) is 15.1 Å². The lowest BCUT2D eigenvalue weighted by Crippen LogP contribution is -2.53. The molecule has 3 aliphatic rings. The molecule has 2 heterocycles. The van der Waals surface area contributed by atoms with Gasteiger partial charge < -0.3 is 32.2 Å². The van der Waals surface area contributed by atoms with Crippen molar-refractivity contribution in [2.45, 2.75) is 55.8 Å². The van der Waals surface area contributed by atoms with Crippen LogP contribution in [-0.4, -0.2) is 47.7 Å². The molecule has 208 valence electrons. The van der Waals surface area contributed by atoms with Gasteiger partial charge in [0.05, 0.1) is 21.7 Å². The number of anilines is 1. The number of likely N-dealkylation sites (tertiary alicyclic amines) is 1. The van der Waals surface area contributed by atoms with Crippen LogP contribution in [0.15, 0.2) is 49.1 Å². The maximum atomic E-state index is 14.0. The topological polar surface area (TPSA) is 154 Å². The number of Topliss-reactive ketones (excluding diaryl/α,β-unsaturated/α-hetero) is 1. The SMILES string of the molecule is C=CC(=O)N1CCCC(NC(=O)c2sc3c(N)ccc4c3c2C(N)C(=O)C4(N)c2ccc(OC3CCC3)cc2)C1. The van der Waals surface area contributed by atoms with Crippen molar-refractivity contribution in [3.8, 4) is 5.75 Å². The smallest absolute Gasteiger partial charge is 0.262 e. The van der Waals surface area contributed by atoms with Gasteiger partial charge in [-0.3, -0.25) is 14.4 Å². The van der Waals surface area contributed by atoms with Crippen molar-refractivity contribution >= 4 is 44.7 Å². The Balaban J connectivity index is 1.37. The number of ether oxygens (including phenoxy) is 1. The first-order valence-corrected chi connectivity index (χ1v) is 14.5. The van der Waals surface area contributed by atoms with Gasteiger partial charge in [-0.15, -0.1) is 11.3 Å². The molecule has 2 fully saturated rings. The van der Waals surface area contributed by atoms with Gasteiger partial charge >= 0.3 is 0 Å². The highest BCUT2D eigenvalue weighted by Gasteiger charge is 2.49. The first kappa shape index (κ1) is 26.5. The van der Waals surface area contributed by atoms with Gasteiger partial charge in [-0.1, -0.05) is 24.8 Å². The second-order valence-corrected chi connectivity index (χ2v) is 11.9. The predicted molar refractivity (Wildman–Crippen MR) is 155 cm³/mol. The van der Waals surface area contributed by atoms with E-state index in [0.29, 0.717) is 50.4 Å². The minimum Gasteiger partial charge on any atom is -0.490 e. The van der Waals surface area contributed by atoms with E-state index >= 15 is 0 Å². The number of nitrogens with one attached hydrogen (secondary N) is 1. The minimum atomic E-state index is -1.52. The first-order valence-electron chi connectivity index (χ1n) is 13.7. The van der Waals surface area contributed by atoms with Gasteiger partial charge in [0.15, 0.2) is 5.78 Å². The number of nitrogens with zero attached hydrogens (tertiary/aromatic N) is 1. The lowest BCUT2D eigenvalue weighted by Gasteiger charge is -2.37. The third kappa shape index (κ3) is 4.18. The van der Waals surface area contributed by atoms with Gasteiger partial charge in [0.2, 0.25) is 5.91 Å². The van der Waals surface area contributed by atoms with Gasteiger partial charge in [0.1, 0.15) is 11.3 Å². The van der Waals surface area contributed by atoms with Gasteiger partial charge in [-0.25, -0.2) is 0 Å². The summed E-state index contributed by atoms with van der Waals surface area (Å²) in [6, 6.07) is 9.42. The summed E-state index contributed by atoms with van der Waals surface area (Å²) in [7, 11) is 0. The molecule has 1 aromatic heterocycles. The van der Waals surface area contributed by atoms with Crippen LogP contribution in [0.25, 0.3) is 10.1 Å². The lowest BCUT2D eigenvalue weighted by atomic mass is 9.70. The summed E-state index contributed by atoms with van der Waals surface area (Å²) in [6.45, 7) is 4.57. The van der Waals surface area contributed by atoms with Crippen LogP contribution in [0.5, 0.6) is 5.75 Å². The van der Waals surface area contributed by atoms with Crippen molar-refractivity contribution in [3.05, 3.63) is 70.6 Å². The first-order chi connectivity index (χ1) is 19.2. The Bertz CT molecular complexity index is 1530. The minimum absolute atomic E-state index is 0.164. The molecule has 0 radical (unpaired) electrons. The number of hydrogen-bond acceptors (Lipinski definition) is 8. The summed E-state index contributed by atoms with van der Waals surface area (Å²) < 4.78 is 6.66.